The second-order valence-corrected chi connectivity index (χ2v) is 5.54. The fraction of sp³-hybridized carbons (Fsp3) is 0.105. The maximum absolute atomic E-state index is 12.4. The second kappa shape index (κ2) is 7.52. The van der Waals surface area contributed by atoms with Crippen molar-refractivity contribution in [1.82, 2.24) is 5.16 Å². The van der Waals surface area contributed by atoms with Crippen LogP contribution in [0.15, 0.2) is 59.1 Å². The molecule has 3 rings (SSSR count). The van der Waals surface area contributed by atoms with Gasteiger partial charge in [-0.25, -0.2) is 0 Å². The fourth-order valence-corrected chi connectivity index (χ4v) is 2.32. The molecule has 0 saturated carbocycles. The molecule has 7 heteroatoms. The molecule has 26 heavy (non-hydrogen) atoms. The molecule has 0 aliphatic rings. The Bertz CT molecular complexity index is 949. The van der Waals surface area contributed by atoms with Crippen molar-refractivity contribution in [2.24, 2.45) is 0 Å². The quantitative estimate of drug-likeness (QED) is 0.734. The van der Waals surface area contributed by atoms with Gasteiger partial charge in [0, 0.05) is 28.9 Å². The Morgan fingerprint density at radius 2 is 1.65 bits per heavy atom. The monoisotopic (exact) mass is 351 g/mol. The maximum atomic E-state index is 12.4. The van der Waals surface area contributed by atoms with E-state index in [-0.39, 0.29) is 11.8 Å². The minimum atomic E-state index is -0.380. The first kappa shape index (κ1) is 17.2. The average molecular weight is 351 g/mol. The summed E-state index contributed by atoms with van der Waals surface area (Å²) >= 11 is 0. The smallest absolute Gasteiger partial charge is 0.256 e. The standard InChI is InChI=1S/C19H17N3O4/c1-12-9-17(22-26-12)21-19(24)14-6-3-5-13(10-14)18(23)20-15-7-4-8-16(11-15)25-2/h3-11H,1-2H3,(H,20,23)(H,21,22,24). The zero-order valence-electron chi connectivity index (χ0n) is 14.3. The van der Waals surface area contributed by atoms with Gasteiger partial charge in [0.1, 0.15) is 11.5 Å². The molecule has 0 aliphatic heterocycles. The molecule has 0 atom stereocenters. The molecule has 1 heterocycles. The largest absolute Gasteiger partial charge is 0.497 e. The van der Waals surface area contributed by atoms with E-state index >= 15 is 0 Å². The molecule has 0 radical (unpaired) electrons. The number of aromatic nitrogens is 1. The number of nitrogens with zero attached hydrogens (tertiary/aromatic N) is 1. The predicted molar refractivity (Wildman–Crippen MR) is 96.6 cm³/mol. The van der Waals surface area contributed by atoms with Gasteiger partial charge in [-0.15, -0.1) is 0 Å². The molecule has 0 bridgehead atoms. The highest BCUT2D eigenvalue weighted by atomic mass is 16.5. The molecular formula is C19H17N3O4. The summed E-state index contributed by atoms with van der Waals surface area (Å²) in [6.07, 6.45) is 0. The van der Waals surface area contributed by atoms with Crippen molar-refractivity contribution in [1.29, 1.82) is 0 Å². The Morgan fingerprint density at radius 1 is 0.962 bits per heavy atom. The number of aryl methyl sites for hydroxylation is 1. The summed E-state index contributed by atoms with van der Waals surface area (Å²) in [6.45, 7) is 1.73. The number of hydrogen-bond donors (Lipinski definition) is 2. The molecule has 0 aliphatic carbocycles. The highest BCUT2D eigenvalue weighted by molar-refractivity contribution is 6.08. The highest BCUT2D eigenvalue weighted by Crippen LogP contribution is 2.18. The van der Waals surface area contributed by atoms with Crippen LogP contribution in [0.5, 0.6) is 5.75 Å². The summed E-state index contributed by atoms with van der Waals surface area (Å²) in [5.41, 5.74) is 1.29. The summed E-state index contributed by atoms with van der Waals surface area (Å²) < 4.78 is 10.0. The number of carbonyl (C=O) groups excluding carboxylic acids is 2. The lowest BCUT2D eigenvalue weighted by Gasteiger charge is -2.08. The van der Waals surface area contributed by atoms with E-state index < -0.39 is 0 Å². The van der Waals surface area contributed by atoms with Crippen LogP contribution in [0.1, 0.15) is 26.5 Å². The molecule has 0 fully saturated rings. The lowest BCUT2D eigenvalue weighted by atomic mass is 10.1. The van der Waals surface area contributed by atoms with Crippen molar-refractivity contribution < 1.29 is 18.8 Å². The van der Waals surface area contributed by atoms with Gasteiger partial charge in [-0.3, -0.25) is 9.59 Å². The van der Waals surface area contributed by atoms with Crippen LogP contribution in [0.3, 0.4) is 0 Å². The third-order valence-corrected chi connectivity index (χ3v) is 3.58. The molecule has 132 valence electrons. The molecular weight excluding hydrogens is 334 g/mol. The van der Waals surface area contributed by atoms with Gasteiger partial charge in [0.05, 0.1) is 7.11 Å². The number of anilines is 2. The minimum absolute atomic E-state index is 0.318. The van der Waals surface area contributed by atoms with E-state index in [4.69, 9.17) is 9.26 Å². The van der Waals surface area contributed by atoms with Crippen LogP contribution in [0.4, 0.5) is 11.5 Å². The average Bonchev–Trinajstić information content (AvgIpc) is 3.06. The summed E-state index contributed by atoms with van der Waals surface area (Å²) in [7, 11) is 1.55. The lowest BCUT2D eigenvalue weighted by Crippen LogP contribution is -2.15. The highest BCUT2D eigenvalue weighted by Gasteiger charge is 2.12. The van der Waals surface area contributed by atoms with Crippen molar-refractivity contribution in [3.63, 3.8) is 0 Å². The second-order valence-electron chi connectivity index (χ2n) is 5.54. The third-order valence-electron chi connectivity index (χ3n) is 3.58. The Kier molecular flexibility index (Phi) is 4.98. The van der Waals surface area contributed by atoms with Crippen LogP contribution < -0.4 is 15.4 Å². The normalized spacial score (nSPS) is 10.2. The van der Waals surface area contributed by atoms with Gasteiger partial charge in [0.2, 0.25) is 0 Å². The Balaban J connectivity index is 1.73. The Morgan fingerprint density at radius 3 is 2.31 bits per heavy atom. The molecule has 2 N–H and O–H groups in total. The first-order valence-electron chi connectivity index (χ1n) is 7.85. The van der Waals surface area contributed by atoms with Gasteiger partial charge in [-0.05, 0) is 37.3 Å². The SMILES string of the molecule is COc1cccc(NC(=O)c2cccc(C(=O)Nc3cc(C)on3)c2)c1. The van der Waals surface area contributed by atoms with Crippen LogP contribution in [0.2, 0.25) is 0 Å². The molecule has 0 unspecified atom stereocenters. The first-order valence-corrected chi connectivity index (χ1v) is 7.85. The first-order chi connectivity index (χ1) is 12.5. The van der Waals surface area contributed by atoms with E-state index in [1.54, 1.807) is 62.6 Å². The number of rotatable bonds is 5. The van der Waals surface area contributed by atoms with E-state index in [1.165, 1.54) is 6.07 Å². The maximum Gasteiger partial charge on any atom is 0.256 e. The minimum Gasteiger partial charge on any atom is -0.497 e. The van der Waals surface area contributed by atoms with Gasteiger partial charge in [0.25, 0.3) is 11.8 Å². The van der Waals surface area contributed by atoms with Crippen molar-refractivity contribution in [3.8, 4) is 5.75 Å². The summed E-state index contributed by atoms with van der Waals surface area (Å²) in [5.74, 6) is 0.837. The molecule has 0 spiro atoms. The molecule has 2 aromatic carbocycles. The lowest BCUT2D eigenvalue weighted by molar-refractivity contribution is 0.102. The van der Waals surface area contributed by atoms with Crippen LogP contribution in [-0.4, -0.2) is 24.1 Å². The van der Waals surface area contributed by atoms with Gasteiger partial charge < -0.3 is 19.9 Å². The summed E-state index contributed by atoms with van der Waals surface area (Å²) in [5, 5.41) is 9.10. The molecule has 3 aromatic rings. The van der Waals surface area contributed by atoms with Crippen LogP contribution >= 0.6 is 0 Å². The van der Waals surface area contributed by atoms with Gasteiger partial charge in [-0.2, -0.15) is 0 Å². The number of ether oxygens (including phenoxy) is 1. The van der Waals surface area contributed by atoms with E-state index in [1.807, 2.05) is 0 Å². The van der Waals surface area contributed by atoms with Crippen molar-refractivity contribution in [3.05, 3.63) is 71.5 Å². The van der Waals surface area contributed by atoms with Crippen molar-refractivity contribution >= 4 is 23.3 Å². The summed E-state index contributed by atoms with van der Waals surface area (Å²) in [4.78, 5) is 24.7. The summed E-state index contributed by atoms with van der Waals surface area (Å²) in [6, 6.07) is 15.0. The van der Waals surface area contributed by atoms with Gasteiger partial charge in [0.15, 0.2) is 5.82 Å². The molecule has 1 aromatic heterocycles. The molecule has 2 amide bonds. The van der Waals surface area contributed by atoms with E-state index in [9.17, 15) is 9.59 Å². The third kappa shape index (κ3) is 4.07. The number of carbonyl (C=O) groups is 2. The zero-order chi connectivity index (χ0) is 18.5. The predicted octanol–water partition coefficient (Wildman–Crippen LogP) is 3.50. The number of methoxy groups -OCH3 is 1. The van der Waals surface area contributed by atoms with Crippen molar-refractivity contribution in [2.45, 2.75) is 6.92 Å². The van der Waals surface area contributed by atoms with E-state index in [0.717, 1.165) is 0 Å². The van der Waals surface area contributed by atoms with Crippen LogP contribution in [-0.2, 0) is 0 Å². The zero-order valence-corrected chi connectivity index (χ0v) is 14.3. The van der Waals surface area contributed by atoms with E-state index in [0.29, 0.717) is 34.1 Å². The topological polar surface area (TPSA) is 93.5 Å². The Labute approximate surface area is 150 Å². The number of amides is 2. The fourth-order valence-electron chi connectivity index (χ4n) is 2.32. The number of nitrogens with one attached hydrogen (secondary N) is 2. The van der Waals surface area contributed by atoms with Crippen molar-refractivity contribution in [2.75, 3.05) is 17.7 Å². The van der Waals surface area contributed by atoms with Crippen LogP contribution in [0.25, 0.3) is 0 Å². The van der Waals surface area contributed by atoms with Crippen LogP contribution in [0, 0.1) is 6.92 Å². The number of benzene rings is 2. The van der Waals surface area contributed by atoms with Gasteiger partial charge in [-0.1, -0.05) is 17.3 Å². The molecule has 0 saturated heterocycles. The molecule has 7 nitrogen and oxygen atoms in total. The van der Waals surface area contributed by atoms with Gasteiger partial charge >= 0.3 is 0 Å². The number of hydrogen-bond acceptors (Lipinski definition) is 5. The Hall–Kier alpha value is -3.61. The van der Waals surface area contributed by atoms with E-state index in [2.05, 4.69) is 15.8 Å².